The number of benzene rings is 6. The maximum Gasteiger partial charge on any atom is 0.0996 e. The van der Waals surface area contributed by atoms with Crippen LogP contribution in [0.5, 0.6) is 0 Å². The summed E-state index contributed by atoms with van der Waals surface area (Å²) in [5.41, 5.74) is 16.8. The van der Waals surface area contributed by atoms with Crippen molar-refractivity contribution in [3.8, 4) is 22.3 Å². The van der Waals surface area contributed by atoms with E-state index in [4.69, 9.17) is 5.10 Å². The average molecular weight is 604 g/mol. The van der Waals surface area contributed by atoms with Gasteiger partial charge in [0, 0.05) is 15.6 Å². The summed E-state index contributed by atoms with van der Waals surface area (Å²) in [4.78, 5) is 0. The Morgan fingerprint density at radius 1 is 0.405 bits per heavy atom. The largest absolute Gasteiger partial charge is 0.278 e. The van der Waals surface area contributed by atoms with Crippen molar-refractivity contribution in [1.82, 2.24) is 0 Å². The second kappa shape index (κ2) is 11.5. The molecule has 3 heteroatoms. The number of hydrogen-bond acceptors (Lipinski definition) is 2. The Balaban J connectivity index is 1.54. The first-order valence-corrected chi connectivity index (χ1v) is 14.8. The van der Waals surface area contributed by atoms with Gasteiger partial charge in [0.05, 0.1) is 11.4 Å². The van der Waals surface area contributed by atoms with Crippen molar-refractivity contribution in [2.45, 2.75) is 0 Å². The first-order chi connectivity index (χ1) is 20.8. The molecule has 0 aliphatic heterocycles. The summed E-state index contributed by atoms with van der Waals surface area (Å²) >= 11 is 3.54. The van der Waals surface area contributed by atoms with Gasteiger partial charge in [-0.3, -0.25) is 5.43 Å². The highest BCUT2D eigenvalue weighted by Gasteiger charge is 2.31. The molecule has 0 unspecified atom stereocenters. The molecule has 42 heavy (non-hydrogen) atoms. The van der Waals surface area contributed by atoms with Crippen molar-refractivity contribution < 1.29 is 0 Å². The molecule has 6 aromatic rings. The number of fused-ring (bicyclic) bond motifs is 1. The van der Waals surface area contributed by atoms with E-state index in [0.717, 1.165) is 38.1 Å². The van der Waals surface area contributed by atoms with Crippen LogP contribution >= 0.6 is 15.9 Å². The van der Waals surface area contributed by atoms with Gasteiger partial charge in [-0.05, 0) is 80.9 Å². The summed E-state index contributed by atoms with van der Waals surface area (Å²) in [6, 6.07) is 55.4. The second-order valence-electron chi connectivity index (χ2n) is 10.2. The number of nitrogens with one attached hydrogen (secondary N) is 1. The fourth-order valence-corrected chi connectivity index (χ4v) is 5.92. The van der Waals surface area contributed by atoms with Gasteiger partial charge in [-0.1, -0.05) is 137 Å². The van der Waals surface area contributed by atoms with Crippen LogP contribution in [-0.2, 0) is 0 Å². The predicted octanol–water partition coefficient (Wildman–Crippen LogP) is 10.6. The number of allylic oxidation sites excluding steroid dienone is 1. The van der Waals surface area contributed by atoms with Crippen molar-refractivity contribution in [3.05, 3.63) is 184 Å². The van der Waals surface area contributed by atoms with Crippen LogP contribution in [0.4, 0.5) is 5.69 Å². The molecule has 2 nitrogen and oxygen atoms in total. The van der Waals surface area contributed by atoms with Crippen LogP contribution in [0.25, 0.3) is 33.4 Å². The molecule has 1 aliphatic rings. The zero-order valence-electron chi connectivity index (χ0n) is 22.8. The van der Waals surface area contributed by atoms with Gasteiger partial charge in [-0.25, -0.2) is 0 Å². The Kier molecular flexibility index (Phi) is 7.09. The summed E-state index contributed by atoms with van der Waals surface area (Å²) in [5.74, 6) is 0. The highest BCUT2D eigenvalue weighted by Crippen LogP contribution is 2.46. The molecule has 0 saturated carbocycles. The molecule has 0 fully saturated rings. The standard InChI is InChI=1S/C39H27BrN2/c40-31-21-23-32(24-22-31)41-42-39-36-26-34(28-15-7-2-8-16-28)33(27-13-5-1-6-14-27)25-35(36)37(29-17-9-3-10-18-29)38(39)30-19-11-4-12-20-30/h1-26,41H/b42-39-. The van der Waals surface area contributed by atoms with E-state index in [9.17, 15) is 0 Å². The van der Waals surface area contributed by atoms with E-state index >= 15 is 0 Å². The summed E-state index contributed by atoms with van der Waals surface area (Å²) in [6.45, 7) is 0. The minimum atomic E-state index is 0.926. The number of hydrogen-bond donors (Lipinski definition) is 1. The van der Waals surface area contributed by atoms with Crippen LogP contribution in [-0.4, -0.2) is 5.71 Å². The molecular formula is C39H27BrN2. The Morgan fingerprint density at radius 2 is 0.833 bits per heavy atom. The Hall–Kier alpha value is -4.99. The summed E-state index contributed by atoms with van der Waals surface area (Å²) in [7, 11) is 0. The van der Waals surface area contributed by atoms with E-state index in [1.807, 2.05) is 24.3 Å². The van der Waals surface area contributed by atoms with Gasteiger partial charge >= 0.3 is 0 Å². The van der Waals surface area contributed by atoms with Gasteiger partial charge in [0.15, 0.2) is 0 Å². The van der Waals surface area contributed by atoms with E-state index in [2.05, 4.69) is 155 Å². The molecule has 0 amide bonds. The highest BCUT2D eigenvalue weighted by atomic mass is 79.9. The van der Waals surface area contributed by atoms with Gasteiger partial charge < -0.3 is 0 Å². The number of anilines is 1. The molecule has 6 aromatic carbocycles. The van der Waals surface area contributed by atoms with Crippen molar-refractivity contribution in [2.24, 2.45) is 5.10 Å². The summed E-state index contributed by atoms with van der Waals surface area (Å²) < 4.78 is 1.03. The molecule has 1 N–H and O–H groups in total. The number of nitrogens with zero attached hydrogens (tertiary/aromatic N) is 1. The van der Waals surface area contributed by atoms with Crippen LogP contribution < -0.4 is 5.43 Å². The maximum atomic E-state index is 5.13. The molecule has 0 atom stereocenters. The van der Waals surface area contributed by atoms with Gasteiger partial charge in [-0.2, -0.15) is 5.10 Å². The van der Waals surface area contributed by atoms with Gasteiger partial charge in [0.2, 0.25) is 0 Å². The zero-order valence-corrected chi connectivity index (χ0v) is 24.4. The minimum absolute atomic E-state index is 0.926. The highest BCUT2D eigenvalue weighted by molar-refractivity contribution is 9.10. The lowest BCUT2D eigenvalue weighted by Crippen LogP contribution is -2.05. The minimum Gasteiger partial charge on any atom is -0.278 e. The molecule has 0 spiro atoms. The predicted molar refractivity (Wildman–Crippen MR) is 180 cm³/mol. The van der Waals surface area contributed by atoms with Crippen LogP contribution in [0.2, 0.25) is 0 Å². The second-order valence-corrected chi connectivity index (χ2v) is 11.2. The van der Waals surface area contributed by atoms with E-state index in [1.165, 1.54) is 33.4 Å². The first kappa shape index (κ1) is 25.9. The first-order valence-electron chi connectivity index (χ1n) is 14.0. The fourth-order valence-electron chi connectivity index (χ4n) is 5.65. The fraction of sp³-hybridized carbons (Fsp3) is 0. The third-order valence-corrected chi connectivity index (χ3v) is 8.13. The Labute approximate surface area is 254 Å². The lowest BCUT2D eigenvalue weighted by atomic mass is 9.88. The Bertz CT molecular complexity index is 1910. The summed E-state index contributed by atoms with van der Waals surface area (Å²) in [5, 5.41) is 5.13. The number of rotatable bonds is 6. The van der Waals surface area contributed by atoms with E-state index in [-0.39, 0.29) is 0 Å². The number of halogens is 1. The third kappa shape index (κ3) is 5.00. The number of hydrazone groups is 1. The third-order valence-electron chi connectivity index (χ3n) is 7.60. The monoisotopic (exact) mass is 602 g/mol. The van der Waals surface area contributed by atoms with Crippen LogP contribution in [0.3, 0.4) is 0 Å². The van der Waals surface area contributed by atoms with Gasteiger partial charge in [0.1, 0.15) is 0 Å². The van der Waals surface area contributed by atoms with Crippen molar-refractivity contribution in [3.63, 3.8) is 0 Å². The molecule has 0 aromatic heterocycles. The van der Waals surface area contributed by atoms with Crippen LogP contribution in [0, 0.1) is 0 Å². The summed E-state index contributed by atoms with van der Waals surface area (Å²) in [6.07, 6.45) is 0. The van der Waals surface area contributed by atoms with Crippen molar-refractivity contribution >= 4 is 38.5 Å². The molecule has 7 rings (SSSR count). The molecule has 0 radical (unpaired) electrons. The normalized spacial score (nSPS) is 13.3. The topological polar surface area (TPSA) is 24.4 Å². The van der Waals surface area contributed by atoms with Gasteiger partial charge in [0.25, 0.3) is 0 Å². The smallest absolute Gasteiger partial charge is 0.0996 e. The molecular weight excluding hydrogens is 576 g/mol. The van der Waals surface area contributed by atoms with Crippen LogP contribution in [0.15, 0.2) is 167 Å². The average Bonchev–Trinajstić information content (AvgIpc) is 3.38. The van der Waals surface area contributed by atoms with Crippen molar-refractivity contribution in [2.75, 3.05) is 5.43 Å². The molecule has 1 aliphatic carbocycles. The van der Waals surface area contributed by atoms with E-state index < -0.39 is 0 Å². The lowest BCUT2D eigenvalue weighted by Gasteiger charge is -2.15. The van der Waals surface area contributed by atoms with E-state index in [0.29, 0.717) is 0 Å². The SMILES string of the molecule is Brc1ccc(N/N=C2\C(c3ccccc3)=C(c3ccccc3)c3cc(-c4ccccc4)c(-c4ccccc4)cc32)cc1. The van der Waals surface area contributed by atoms with Crippen LogP contribution in [0.1, 0.15) is 22.3 Å². The molecule has 0 heterocycles. The lowest BCUT2D eigenvalue weighted by molar-refractivity contribution is 1.33. The van der Waals surface area contributed by atoms with Gasteiger partial charge in [-0.15, -0.1) is 0 Å². The Morgan fingerprint density at radius 3 is 1.33 bits per heavy atom. The maximum absolute atomic E-state index is 5.13. The quantitative estimate of drug-likeness (QED) is 0.188. The molecule has 200 valence electrons. The van der Waals surface area contributed by atoms with Crippen molar-refractivity contribution in [1.29, 1.82) is 0 Å². The molecule has 0 saturated heterocycles. The zero-order chi connectivity index (χ0) is 28.3. The molecule has 0 bridgehead atoms. The van der Waals surface area contributed by atoms with E-state index in [1.54, 1.807) is 0 Å².